The average molecular weight is 299 g/mol. The number of hydrogen-bond acceptors (Lipinski definition) is 5. The summed E-state index contributed by atoms with van der Waals surface area (Å²) in [6.07, 6.45) is 0. The number of nitrogens with two attached hydrogens (primary N) is 1. The number of aryl methyl sites for hydroxylation is 1. The molecule has 1 aromatic heterocycles. The van der Waals surface area contributed by atoms with Crippen molar-refractivity contribution in [1.82, 2.24) is 9.46 Å². The number of aromatic nitrogens is 1. The molecule has 20 heavy (non-hydrogen) atoms. The molecule has 6 nitrogen and oxygen atoms in total. The van der Waals surface area contributed by atoms with Gasteiger partial charge in [-0.3, -0.25) is 0 Å². The Hall–Kier alpha value is -1.93. The van der Waals surface area contributed by atoms with Crippen molar-refractivity contribution in [2.24, 2.45) is 0 Å². The van der Waals surface area contributed by atoms with Gasteiger partial charge < -0.3 is 10.3 Å². The standard InChI is InChI=1S/C12H14FN3O3S/c1-8-5-9(15-19-8)7-16(2)20(17,18)10-3-4-12(14)11(13)6-10/h3-6H,7,14H2,1-2H3. The van der Waals surface area contributed by atoms with E-state index in [1.165, 1.54) is 19.2 Å². The van der Waals surface area contributed by atoms with Crippen LogP contribution in [0.2, 0.25) is 0 Å². The predicted molar refractivity (Wildman–Crippen MR) is 70.7 cm³/mol. The third-order valence-corrected chi connectivity index (χ3v) is 4.54. The normalized spacial score (nSPS) is 12.0. The lowest BCUT2D eigenvalue weighted by Crippen LogP contribution is -2.26. The van der Waals surface area contributed by atoms with Gasteiger partial charge in [0, 0.05) is 13.1 Å². The summed E-state index contributed by atoms with van der Waals surface area (Å²) in [4.78, 5) is -0.160. The van der Waals surface area contributed by atoms with E-state index in [2.05, 4.69) is 5.16 Å². The average Bonchev–Trinajstić information content (AvgIpc) is 2.78. The van der Waals surface area contributed by atoms with Crippen LogP contribution in [-0.2, 0) is 16.6 Å². The smallest absolute Gasteiger partial charge is 0.243 e. The lowest BCUT2D eigenvalue weighted by Gasteiger charge is -2.16. The summed E-state index contributed by atoms with van der Waals surface area (Å²) in [6.45, 7) is 1.74. The number of nitrogen functional groups attached to an aromatic ring is 1. The minimum absolute atomic E-state index is 0.0334. The van der Waals surface area contributed by atoms with E-state index in [0.29, 0.717) is 11.5 Å². The minimum atomic E-state index is -3.81. The van der Waals surface area contributed by atoms with Gasteiger partial charge in [0.2, 0.25) is 10.0 Å². The summed E-state index contributed by atoms with van der Waals surface area (Å²) in [5.41, 5.74) is 5.71. The van der Waals surface area contributed by atoms with E-state index < -0.39 is 15.8 Å². The highest BCUT2D eigenvalue weighted by Gasteiger charge is 2.23. The van der Waals surface area contributed by atoms with Gasteiger partial charge in [0.1, 0.15) is 11.6 Å². The quantitative estimate of drug-likeness (QED) is 0.865. The predicted octanol–water partition coefficient (Wildman–Crippen LogP) is 1.53. The molecule has 0 aliphatic rings. The number of benzene rings is 1. The Kier molecular flexibility index (Phi) is 3.78. The van der Waals surface area contributed by atoms with Crippen molar-refractivity contribution in [3.8, 4) is 0 Å². The Morgan fingerprint density at radius 2 is 2.10 bits per heavy atom. The molecular formula is C12H14FN3O3S. The number of anilines is 1. The summed E-state index contributed by atoms with van der Waals surface area (Å²) in [5.74, 6) is -0.180. The topological polar surface area (TPSA) is 89.4 Å². The van der Waals surface area contributed by atoms with Gasteiger partial charge in [-0.05, 0) is 25.1 Å². The molecule has 0 spiro atoms. The molecule has 8 heteroatoms. The first-order chi connectivity index (χ1) is 9.30. The largest absolute Gasteiger partial charge is 0.396 e. The van der Waals surface area contributed by atoms with Gasteiger partial charge >= 0.3 is 0 Å². The number of halogens is 1. The molecule has 0 saturated heterocycles. The van der Waals surface area contributed by atoms with Crippen molar-refractivity contribution in [3.63, 3.8) is 0 Å². The number of rotatable bonds is 4. The monoisotopic (exact) mass is 299 g/mol. The molecule has 0 aliphatic heterocycles. The van der Waals surface area contributed by atoms with Gasteiger partial charge in [-0.25, -0.2) is 12.8 Å². The third kappa shape index (κ3) is 2.81. The van der Waals surface area contributed by atoms with Crippen molar-refractivity contribution in [2.45, 2.75) is 18.4 Å². The van der Waals surface area contributed by atoms with Crippen LogP contribution in [0, 0.1) is 12.7 Å². The van der Waals surface area contributed by atoms with Crippen LogP contribution in [0.1, 0.15) is 11.5 Å². The highest BCUT2D eigenvalue weighted by Crippen LogP contribution is 2.20. The molecule has 2 aromatic rings. The number of nitrogens with zero attached hydrogens (tertiary/aromatic N) is 2. The lowest BCUT2D eigenvalue weighted by atomic mass is 10.3. The van der Waals surface area contributed by atoms with Crippen molar-refractivity contribution in [2.75, 3.05) is 12.8 Å². The molecule has 0 amide bonds. The van der Waals surface area contributed by atoms with E-state index in [0.717, 1.165) is 10.4 Å². The lowest BCUT2D eigenvalue weighted by molar-refractivity contribution is 0.378. The maximum absolute atomic E-state index is 13.4. The number of sulfonamides is 1. The van der Waals surface area contributed by atoms with Gasteiger partial charge in [0.15, 0.2) is 0 Å². The van der Waals surface area contributed by atoms with E-state index in [-0.39, 0.29) is 17.1 Å². The second-order valence-corrected chi connectivity index (χ2v) is 6.42. The summed E-state index contributed by atoms with van der Waals surface area (Å²) in [6, 6.07) is 5.01. The molecule has 2 N–H and O–H groups in total. The maximum atomic E-state index is 13.4. The Labute approximate surface area is 116 Å². The highest BCUT2D eigenvalue weighted by atomic mass is 32.2. The van der Waals surface area contributed by atoms with Gasteiger partial charge in [-0.1, -0.05) is 5.16 Å². The molecule has 0 aliphatic carbocycles. The Balaban J connectivity index is 2.27. The Bertz CT molecular complexity index is 727. The van der Waals surface area contributed by atoms with E-state index in [1.54, 1.807) is 13.0 Å². The zero-order chi connectivity index (χ0) is 14.9. The molecule has 1 aromatic carbocycles. The fraction of sp³-hybridized carbons (Fsp3) is 0.250. The molecule has 0 radical (unpaired) electrons. The first kappa shape index (κ1) is 14.5. The van der Waals surface area contributed by atoms with E-state index in [9.17, 15) is 12.8 Å². The van der Waals surface area contributed by atoms with Crippen LogP contribution in [0.3, 0.4) is 0 Å². The van der Waals surface area contributed by atoms with Crippen LogP contribution in [-0.4, -0.2) is 24.9 Å². The van der Waals surface area contributed by atoms with Gasteiger partial charge in [0.05, 0.1) is 22.8 Å². The van der Waals surface area contributed by atoms with Crippen LogP contribution < -0.4 is 5.73 Å². The maximum Gasteiger partial charge on any atom is 0.243 e. The van der Waals surface area contributed by atoms with Crippen LogP contribution in [0.5, 0.6) is 0 Å². The van der Waals surface area contributed by atoms with Crippen molar-refractivity contribution < 1.29 is 17.3 Å². The summed E-state index contributed by atoms with van der Waals surface area (Å²) >= 11 is 0. The Morgan fingerprint density at radius 1 is 1.40 bits per heavy atom. The molecule has 108 valence electrons. The zero-order valence-electron chi connectivity index (χ0n) is 11.0. The summed E-state index contributed by atoms with van der Waals surface area (Å²) in [5, 5.41) is 3.72. The fourth-order valence-electron chi connectivity index (χ4n) is 1.65. The molecule has 0 atom stereocenters. The SMILES string of the molecule is Cc1cc(CN(C)S(=O)(=O)c2ccc(N)c(F)c2)no1. The van der Waals surface area contributed by atoms with Gasteiger partial charge in [-0.15, -0.1) is 0 Å². The van der Waals surface area contributed by atoms with Gasteiger partial charge in [0.25, 0.3) is 0 Å². The molecule has 2 rings (SSSR count). The molecule has 0 saturated carbocycles. The van der Waals surface area contributed by atoms with E-state index in [4.69, 9.17) is 10.3 Å². The van der Waals surface area contributed by atoms with Crippen LogP contribution in [0.15, 0.2) is 33.7 Å². The minimum Gasteiger partial charge on any atom is -0.396 e. The van der Waals surface area contributed by atoms with Crippen molar-refractivity contribution >= 4 is 15.7 Å². The highest BCUT2D eigenvalue weighted by molar-refractivity contribution is 7.89. The fourth-order valence-corrected chi connectivity index (χ4v) is 2.81. The summed E-state index contributed by atoms with van der Waals surface area (Å²) in [7, 11) is -2.43. The first-order valence-corrected chi connectivity index (χ1v) is 7.18. The van der Waals surface area contributed by atoms with Crippen molar-refractivity contribution in [1.29, 1.82) is 0 Å². The molecule has 1 heterocycles. The molecular weight excluding hydrogens is 285 g/mol. The summed E-state index contributed by atoms with van der Waals surface area (Å²) < 4.78 is 43.8. The second kappa shape index (κ2) is 5.22. The van der Waals surface area contributed by atoms with Crippen LogP contribution >= 0.6 is 0 Å². The van der Waals surface area contributed by atoms with E-state index >= 15 is 0 Å². The first-order valence-electron chi connectivity index (χ1n) is 5.74. The Morgan fingerprint density at radius 3 is 2.65 bits per heavy atom. The third-order valence-electron chi connectivity index (χ3n) is 2.74. The zero-order valence-corrected chi connectivity index (χ0v) is 11.8. The number of hydrogen-bond donors (Lipinski definition) is 1. The van der Waals surface area contributed by atoms with Crippen LogP contribution in [0.4, 0.5) is 10.1 Å². The molecule has 0 fully saturated rings. The van der Waals surface area contributed by atoms with Gasteiger partial charge in [-0.2, -0.15) is 4.31 Å². The second-order valence-electron chi connectivity index (χ2n) is 4.37. The molecule has 0 bridgehead atoms. The van der Waals surface area contributed by atoms with Crippen molar-refractivity contribution in [3.05, 3.63) is 41.5 Å². The van der Waals surface area contributed by atoms with E-state index in [1.807, 2.05) is 0 Å². The molecule has 0 unspecified atom stereocenters. The van der Waals surface area contributed by atoms with Crippen LogP contribution in [0.25, 0.3) is 0 Å².